The Morgan fingerprint density at radius 2 is 2.10 bits per heavy atom. The largest absolute Gasteiger partial charge is 0.347 e. The van der Waals surface area contributed by atoms with E-state index in [2.05, 4.69) is 20.9 Å². The highest BCUT2D eigenvalue weighted by molar-refractivity contribution is 5.97. The van der Waals surface area contributed by atoms with Gasteiger partial charge in [-0.1, -0.05) is 24.3 Å². The van der Waals surface area contributed by atoms with Crippen LogP contribution >= 0.6 is 0 Å². The number of carbonyl (C=O) groups excluding carboxylic acids is 1. The van der Waals surface area contributed by atoms with Crippen molar-refractivity contribution in [3.63, 3.8) is 0 Å². The Balaban J connectivity index is 1.57. The molecule has 0 spiro atoms. The SMILES string of the molecule is O=C(NC1=NC2C=CC=CC2N1)NC1C=C(F)C=CC1F. The number of allylic oxidation sites excluding steroid dienone is 4. The number of nitrogens with zero attached hydrogens (tertiary/aromatic N) is 1. The third kappa shape index (κ3) is 3.01. The number of alkyl halides is 1. The number of halogens is 2. The van der Waals surface area contributed by atoms with Gasteiger partial charge in [-0.2, -0.15) is 0 Å². The second-order valence-corrected chi connectivity index (χ2v) is 4.89. The molecule has 3 N–H and O–H groups in total. The van der Waals surface area contributed by atoms with Gasteiger partial charge in [0.1, 0.15) is 12.0 Å². The number of guanidine groups is 1. The number of hydrogen-bond donors (Lipinski definition) is 3. The zero-order chi connectivity index (χ0) is 14.8. The Morgan fingerprint density at radius 3 is 2.90 bits per heavy atom. The minimum absolute atomic E-state index is 0.00850. The molecule has 3 rings (SSSR count). The fourth-order valence-electron chi connectivity index (χ4n) is 2.30. The third-order valence-electron chi connectivity index (χ3n) is 3.34. The lowest BCUT2D eigenvalue weighted by Crippen LogP contribution is -2.50. The average molecular weight is 292 g/mol. The maximum Gasteiger partial charge on any atom is 0.322 e. The van der Waals surface area contributed by atoms with E-state index in [4.69, 9.17) is 0 Å². The summed E-state index contributed by atoms with van der Waals surface area (Å²) in [5.41, 5.74) is 0. The van der Waals surface area contributed by atoms with E-state index in [0.29, 0.717) is 5.96 Å². The van der Waals surface area contributed by atoms with Crippen molar-refractivity contribution in [1.82, 2.24) is 16.0 Å². The van der Waals surface area contributed by atoms with Crippen molar-refractivity contribution < 1.29 is 13.6 Å². The molecule has 0 saturated heterocycles. The van der Waals surface area contributed by atoms with Crippen LogP contribution in [0.2, 0.25) is 0 Å². The average Bonchev–Trinajstić information content (AvgIpc) is 2.84. The minimum atomic E-state index is -1.46. The summed E-state index contributed by atoms with van der Waals surface area (Å²) in [6.07, 6.45) is 9.28. The summed E-state index contributed by atoms with van der Waals surface area (Å²) in [7, 11) is 0. The van der Waals surface area contributed by atoms with E-state index in [0.717, 1.165) is 18.2 Å². The van der Waals surface area contributed by atoms with Crippen LogP contribution in [0.15, 0.2) is 53.4 Å². The first-order valence-corrected chi connectivity index (χ1v) is 6.58. The molecule has 3 aliphatic rings. The minimum Gasteiger partial charge on any atom is -0.347 e. The van der Waals surface area contributed by atoms with Gasteiger partial charge in [0.2, 0.25) is 5.96 Å². The highest BCUT2D eigenvalue weighted by Crippen LogP contribution is 2.15. The second kappa shape index (κ2) is 5.51. The van der Waals surface area contributed by atoms with Crippen molar-refractivity contribution in [2.45, 2.75) is 24.3 Å². The van der Waals surface area contributed by atoms with Crippen LogP contribution in [0.1, 0.15) is 0 Å². The van der Waals surface area contributed by atoms with Crippen molar-refractivity contribution in [1.29, 1.82) is 0 Å². The molecule has 1 heterocycles. The van der Waals surface area contributed by atoms with Gasteiger partial charge in [0.15, 0.2) is 0 Å². The summed E-state index contributed by atoms with van der Waals surface area (Å²) in [6.45, 7) is 0. The Morgan fingerprint density at radius 1 is 1.29 bits per heavy atom. The van der Waals surface area contributed by atoms with Crippen LogP contribution in [0.3, 0.4) is 0 Å². The monoisotopic (exact) mass is 292 g/mol. The maximum atomic E-state index is 13.5. The fraction of sp³-hybridized carbons (Fsp3) is 0.286. The lowest BCUT2D eigenvalue weighted by atomic mass is 10.1. The molecule has 0 bridgehead atoms. The van der Waals surface area contributed by atoms with Crippen molar-refractivity contribution >= 4 is 12.0 Å². The van der Waals surface area contributed by atoms with Gasteiger partial charge < -0.3 is 10.6 Å². The number of nitrogens with one attached hydrogen (secondary N) is 3. The number of fused-ring (bicyclic) bond motifs is 1. The van der Waals surface area contributed by atoms with Crippen LogP contribution < -0.4 is 16.0 Å². The van der Waals surface area contributed by atoms with E-state index in [-0.39, 0.29) is 12.1 Å². The smallest absolute Gasteiger partial charge is 0.322 e. The topological polar surface area (TPSA) is 65.5 Å². The first-order chi connectivity index (χ1) is 10.1. The standard InChI is InChI=1S/C14H14F2N4O/c15-8-5-6-9(16)12(7-8)19-14(21)20-13-17-10-3-1-2-4-11(10)18-13/h1-7,9-12H,(H3,17,18,19,20,21). The quantitative estimate of drug-likeness (QED) is 0.681. The van der Waals surface area contributed by atoms with Gasteiger partial charge in [-0.3, -0.25) is 5.32 Å². The van der Waals surface area contributed by atoms with Gasteiger partial charge in [-0.15, -0.1) is 0 Å². The molecular formula is C14H14F2N4O. The van der Waals surface area contributed by atoms with E-state index in [9.17, 15) is 13.6 Å². The van der Waals surface area contributed by atoms with Crippen LogP contribution in [-0.4, -0.2) is 36.3 Å². The number of amides is 2. The molecular weight excluding hydrogens is 278 g/mol. The number of carbonyl (C=O) groups is 1. The third-order valence-corrected chi connectivity index (χ3v) is 3.34. The van der Waals surface area contributed by atoms with Gasteiger partial charge in [-0.25, -0.2) is 18.6 Å². The number of aliphatic imine (C=N–C) groups is 1. The number of rotatable bonds is 1. The van der Waals surface area contributed by atoms with Gasteiger partial charge >= 0.3 is 6.03 Å². The molecule has 2 aliphatic carbocycles. The molecule has 7 heteroatoms. The Bertz CT molecular complexity index is 594. The van der Waals surface area contributed by atoms with Crippen LogP contribution in [0, 0.1) is 0 Å². The molecule has 0 radical (unpaired) electrons. The van der Waals surface area contributed by atoms with Crippen LogP contribution in [0.5, 0.6) is 0 Å². The van der Waals surface area contributed by atoms with E-state index < -0.39 is 24.1 Å². The molecule has 0 aromatic heterocycles. The van der Waals surface area contributed by atoms with Crippen molar-refractivity contribution in [3.8, 4) is 0 Å². The summed E-state index contributed by atoms with van der Waals surface area (Å²) in [5.74, 6) is -0.267. The normalized spacial score (nSPS) is 32.9. The van der Waals surface area contributed by atoms with Gasteiger partial charge in [-0.05, 0) is 18.2 Å². The lowest BCUT2D eigenvalue weighted by molar-refractivity contribution is 0.236. The molecule has 0 aromatic rings. The van der Waals surface area contributed by atoms with Gasteiger partial charge in [0, 0.05) is 0 Å². The van der Waals surface area contributed by atoms with Crippen molar-refractivity contribution in [3.05, 3.63) is 48.4 Å². The van der Waals surface area contributed by atoms with Crippen LogP contribution in [0.25, 0.3) is 0 Å². The molecule has 110 valence electrons. The molecule has 21 heavy (non-hydrogen) atoms. The molecule has 0 fully saturated rings. The predicted octanol–water partition coefficient (Wildman–Crippen LogP) is 1.24. The van der Waals surface area contributed by atoms with Gasteiger partial charge in [0.25, 0.3) is 0 Å². The zero-order valence-corrected chi connectivity index (χ0v) is 11.0. The molecule has 2 amide bonds. The van der Waals surface area contributed by atoms with Crippen molar-refractivity contribution in [2.24, 2.45) is 4.99 Å². The first kappa shape index (κ1) is 13.5. The summed E-state index contributed by atoms with van der Waals surface area (Å²) in [6, 6.07) is -1.72. The molecule has 1 aliphatic heterocycles. The molecule has 5 nitrogen and oxygen atoms in total. The summed E-state index contributed by atoms with van der Waals surface area (Å²) >= 11 is 0. The Hall–Kier alpha value is -2.44. The second-order valence-electron chi connectivity index (χ2n) is 4.89. The number of urea groups is 1. The highest BCUT2D eigenvalue weighted by atomic mass is 19.1. The highest BCUT2D eigenvalue weighted by Gasteiger charge is 2.28. The molecule has 0 saturated carbocycles. The molecule has 4 atom stereocenters. The Kier molecular flexibility index (Phi) is 3.55. The lowest BCUT2D eigenvalue weighted by Gasteiger charge is -2.20. The van der Waals surface area contributed by atoms with Crippen LogP contribution in [0.4, 0.5) is 13.6 Å². The van der Waals surface area contributed by atoms with E-state index >= 15 is 0 Å². The van der Waals surface area contributed by atoms with Crippen molar-refractivity contribution in [2.75, 3.05) is 0 Å². The summed E-state index contributed by atoms with van der Waals surface area (Å²) in [4.78, 5) is 16.1. The maximum absolute atomic E-state index is 13.5. The Labute approximate surface area is 120 Å². The summed E-state index contributed by atoms with van der Waals surface area (Å²) < 4.78 is 26.6. The predicted molar refractivity (Wildman–Crippen MR) is 75.1 cm³/mol. The zero-order valence-electron chi connectivity index (χ0n) is 11.0. The molecule has 0 aromatic carbocycles. The molecule has 4 unspecified atom stereocenters. The number of hydrogen-bond acceptors (Lipinski definition) is 3. The summed E-state index contributed by atoms with van der Waals surface area (Å²) in [5, 5.41) is 7.88. The fourth-order valence-corrected chi connectivity index (χ4v) is 2.30. The van der Waals surface area contributed by atoms with E-state index in [1.54, 1.807) is 0 Å². The van der Waals surface area contributed by atoms with E-state index in [1.807, 2.05) is 24.3 Å². The first-order valence-electron chi connectivity index (χ1n) is 6.58. The van der Waals surface area contributed by atoms with Crippen LogP contribution in [-0.2, 0) is 0 Å². The van der Waals surface area contributed by atoms with E-state index in [1.165, 1.54) is 0 Å². The van der Waals surface area contributed by atoms with Gasteiger partial charge in [0.05, 0.1) is 18.1 Å².